The number of aliphatic carboxylic acids is 1. The summed E-state index contributed by atoms with van der Waals surface area (Å²) in [4.78, 5) is 30.4. The lowest BCUT2D eigenvalue weighted by Gasteiger charge is -2.18. The molecular formula is C10H19N3O5. The van der Waals surface area contributed by atoms with Crippen molar-refractivity contribution >= 4 is 17.8 Å². The van der Waals surface area contributed by atoms with Gasteiger partial charge in [0, 0.05) is 12.8 Å². The van der Waals surface area contributed by atoms with Crippen LogP contribution in [-0.4, -0.2) is 40.7 Å². The Morgan fingerprint density at radius 3 is 2.28 bits per heavy atom. The van der Waals surface area contributed by atoms with Crippen LogP contribution in [0.25, 0.3) is 0 Å². The van der Waals surface area contributed by atoms with E-state index >= 15 is 0 Å². The monoisotopic (exact) mass is 261 g/mol. The Labute approximate surface area is 104 Å². The summed E-state index contributed by atoms with van der Waals surface area (Å²) in [6.45, 7) is 0.858. The standard InChI is InChI=1S/C6H11NO2.C4H8N2O3/c8-6(9)5-3-1-2-4-7-5;5-3(7)1-2-4(8)6-9/h5,7H,1-4H2,(H,8,9);9H,1-2H2,(H2,5,7)(H,6,8). The van der Waals surface area contributed by atoms with Crippen molar-refractivity contribution in [1.82, 2.24) is 10.8 Å². The molecule has 1 saturated heterocycles. The molecule has 0 aromatic rings. The first-order valence-corrected chi connectivity index (χ1v) is 5.64. The SMILES string of the molecule is NC(=O)CCC(=O)NO.O=C(O)C1CCCCN1. The molecule has 1 rings (SSSR count). The lowest BCUT2D eigenvalue weighted by atomic mass is 10.1. The van der Waals surface area contributed by atoms with Gasteiger partial charge in [-0.15, -0.1) is 0 Å². The van der Waals surface area contributed by atoms with E-state index in [9.17, 15) is 14.4 Å². The average Bonchev–Trinajstić information content (AvgIpc) is 2.37. The average molecular weight is 261 g/mol. The van der Waals surface area contributed by atoms with Gasteiger partial charge in [-0.25, -0.2) is 5.48 Å². The van der Waals surface area contributed by atoms with Gasteiger partial charge in [0.1, 0.15) is 6.04 Å². The third kappa shape index (κ3) is 8.48. The molecule has 1 aliphatic heterocycles. The van der Waals surface area contributed by atoms with Gasteiger partial charge in [0.25, 0.3) is 0 Å². The van der Waals surface area contributed by atoms with Gasteiger partial charge in [0.2, 0.25) is 11.8 Å². The molecule has 8 nitrogen and oxygen atoms in total. The van der Waals surface area contributed by atoms with Crippen molar-refractivity contribution in [3.63, 3.8) is 0 Å². The second kappa shape index (κ2) is 9.37. The minimum atomic E-state index is -0.713. The van der Waals surface area contributed by atoms with E-state index in [4.69, 9.17) is 16.0 Å². The predicted octanol–water partition coefficient (Wildman–Crippen LogP) is -1.03. The number of hydrogen-bond donors (Lipinski definition) is 5. The molecule has 104 valence electrons. The summed E-state index contributed by atoms with van der Waals surface area (Å²) in [5.41, 5.74) is 6.07. The first-order valence-electron chi connectivity index (χ1n) is 5.64. The third-order valence-corrected chi connectivity index (χ3v) is 2.33. The number of rotatable bonds is 4. The number of hydroxylamine groups is 1. The van der Waals surface area contributed by atoms with Crippen molar-refractivity contribution in [3.05, 3.63) is 0 Å². The van der Waals surface area contributed by atoms with Crippen LogP contribution in [0.2, 0.25) is 0 Å². The highest BCUT2D eigenvalue weighted by molar-refractivity contribution is 5.82. The summed E-state index contributed by atoms with van der Waals surface area (Å²) in [5.74, 6) is -1.87. The maximum Gasteiger partial charge on any atom is 0.320 e. The number of primary amides is 1. The maximum atomic E-state index is 10.3. The Morgan fingerprint density at radius 2 is 1.94 bits per heavy atom. The molecule has 0 spiro atoms. The van der Waals surface area contributed by atoms with E-state index in [1.54, 1.807) is 0 Å². The Bertz CT molecular complexity index is 289. The number of hydrogen-bond acceptors (Lipinski definition) is 5. The van der Waals surface area contributed by atoms with E-state index in [2.05, 4.69) is 5.32 Å². The summed E-state index contributed by atoms with van der Waals surface area (Å²) in [6.07, 6.45) is 2.85. The van der Waals surface area contributed by atoms with Crippen LogP contribution >= 0.6 is 0 Å². The summed E-state index contributed by atoms with van der Waals surface area (Å²) < 4.78 is 0. The van der Waals surface area contributed by atoms with Crippen LogP contribution in [0.4, 0.5) is 0 Å². The molecule has 18 heavy (non-hydrogen) atoms. The second-order valence-electron chi connectivity index (χ2n) is 3.84. The van der Waals surface area contributed by atoms with Gasteiger partial charge in [0.15, 0.2) is 0 Å². The topological polar surface area (TPSA) is 142 Å². The summed E-state index contributed by atoms with van der Waals surface area (Å²) in [5, 5.41) is 19.3. The summed E-state index contributed by atoms with van der Waals surface area (Å²) in [7, 11) is 0. The molecular weight excluding hydrogens is 242 g/mol. The van der Waals surface area contributed by atoms with Crippen LogP contribution in [0.5, 0.6) is 0 Å². The molecule has 0 aromatic carbocycles. The van der Waals surface area contributed by atoms with Gasteiger partial charge in [-0.3, -0.25) is 19.6 Å². The van der Waals surface area contributed by atoms with Crippen molar-refractivity contribution in [2.45, 2.75) is 38.1 Å². The lowest BCUT2D eigenvalue weighted by Crippen LogP contribution is -2.40. The zero-order chi connectivity index (χ0) is 14.0. The minimum Gasteiger partial charge on any atom is -0.480 e. The molecule has 2 amide bonds. The smallest absolute Gasteiger partial charge is 0.320 e. The molecule has 0 aliphatic carbocycles. The molecule has 8 heteroatoms. The minimum absolute atomic E-state index is 0.0353. The molecule has 0 radical (unpaired) electrons. The Kier molecular flexibility index (Phi) is 8.50. The van der Waals surface area contributed by atoms with E-state index < -0.39 is 17.8 Å². The number of nitrogens with one attached hydrogen (secondary N) is 2. The fourth-order valence-electron chi connectivity index (χ4n) is 1.36. The van der Waals surface area contributed by atoms with Gasteiger partial charge in [-0.1, -0.05) is 6.42 Å². The molecule has 1 atom stereocenters. The van der Waals surface area contributed by atoms with E-state index in [0.717, 1.165) is 25.8 Å². The van der Waals surface area contributed by atoms with E-state index in [-0.39, 0.29) is 18.9 Å². The quantitative estimate of drug-likeness (QED) is 0.323. The van der Waals surface area contributed by atoms with E-state index in [0.29, 0.717) is 0 Å². The fourth-order valence-corrected chi connectivity index (χ4v) is 1.36. The number of amides is 2. The van der Waals surface area contributed by atoms with Crippen molar-refractivity contribution in [2.24, 2.45) is 5.73 Å². The molecule has 6 N–H and O–H groups in total. The number of nitrogens with two attached hydrogens (primary N) is 1. The molecule has 0 bridgehead atoms. The van der Waals surface area contributed by atoms with Crippen LogP contribution in [0.15, 0.2) is 0 Å². The van der Waals surface area contributed by atoms with Gasteiger partial charge in [0.05, 0.1) is 0 Å². The number of piperidine rings is 1. The van der Waals surface area contributed by atoms with Crippen molar-refractivity contribution in [1.29, 1.82) is 0 Å². The van der Waals surface area contributed by atoms with Crippen molar-refractivity contribution in [2.75, 3.05) is 6.54 Å². The highest BCUT2D eigenvalue weighted by Gasteiger charge is 2.18. The van der Waals surface area contributed by atoms with Crippen molar-refractivity contribution in [3.8, 4) is 0 Å². The number of carboxylic acids is 1. The molecule has 1 unspecified atom stereocenters. The molecule has 1 heterocycles. The fraction of sp³-hybridized carbons (Fsp3) is 0.700. The normalized spacial score (nSPS) is 18.2. The zero-order valence-corrected chi connectivity index (χ0v) is 10.0. The molecule has 1 fully saturated rings. The number of carbonyl (C=O) groups is 3. The zero-order valence-electron chi connectivity index (χ0n) is 10.0. The van der Waals surface area contributed by atoms with E-state index in [1.807, 2.05) is 0 Å². The van der Waals surface area contributed by atoms with Gasteiger partial charge in [-0.05, 0) is 19.4 Å². The Balaban J connectivity index is 0.000000321. The Hall–Kier alpha value is -1.67. The lowest BCUT2D eigenvalue weighted by molar-refractivity contribution is -0.140. The third-order valence-electron chi connectivity index (χ3n) is 2.33. The first kappa shape index (κ1) is 16.3. The molecule has 1 aliphatic rings. The summed E-state index contributed by atoms with van der Waals surface area (Å²) >= 11 is 0. The highest BCUT2D eigenvalue weighted by Crippen LogP contribution is 2.05. The van der Waals surface area contributed by atoms with Crippen LogP contribution in [-0.2, 0) is 14.4 Å². The largest absolute Gasteiger partial charge is 0.480 e. The van der Waals surface area contributed by atoms with Gasteiger partial charge >= 0.3 is 5.97 Å². The van der Waals surface area contributed by atoms with Crippen LogP contribution in [0, 0.1) is 0 Å². The van der Waals surface area contributed by atoms with Crippen LogP contribution < -0.4 is 16.5 Å². The van der Waals surface area contributed by atoms with Crippen molar-refractivity contribution < 1.29 is 24.7 Å². The predicted molar refractivity (Wildman–Crippen MR) is 61.6 cm³/mol. The first-order chi connectivity index (χ1) is 8.47. The maximum absolute atomic E-state index is 10.3. The van der Waals surface area contributed by atoms with Gasteiger partial charge < -0.3 is 16.2 Å². The van der Waals surface area contributed by atoms with E-state index in [1.165, 1.54) is 5.48 Å². The van der Waals surface area contributed by atoms with Gasteiger partial charge in [-0.2, -0.15) is 0 Å². The number of carbonyl (C=O) groups excluding carboxylic acids is 2. The summed E-state index contributed by atoms with van der Waals surface area (Å²) in [6, 6.07) is -0.279. The highest BCUT2D eigenvalue weighted by atomic mass is 16.5. The second-order valence-corrected chi connectivity index (χ2v) is 3.84. The Morgan fingerprint density at radius 1 is 1.28 bits per heavy atom. The molecule has 0 saturated carbocycles. The molecule has 0 aromatic heterocycles. The number of carboxylic acid groups (broad SMARTS) is 1. The van der Waals surface area contributed by atoms with Crippen LogP contribution in [0.1, 0.15) is 32.1 Å². The van der Waals surface area contributed by atoms with Crippen LogP contribution in [0.3, 0.4) is 0 Å².